The van der Waals surface area contributed by atoms with E-state index in [2.05, 4.69) is 19.9 Å². The van der Waals surface area contributed by atoms with Crippen LogP contribution in [0.4, 0.5) is 8.78 Å². The molecular formula is C26H22F2N4O3. The summed E-state index contributed by atoms with van der Waals surface area (Å²) in [5.74, 6) is -1.21. The Labute approximate surface area is 199 Å². The van der Waals surface area contributed by atoms with E-state index in [0.29, 0.717) is 29.7 Å². The molecule has 1 aliphatic rings. The molecule has 178 valence electrons. The van der Waals surface area contributed by atoms with Crippen LogP contribution in [0, 0.1) is 11.6 Å². The minimum atomic E-state index is -0.700. The van der Waals surface area contributed by atoms with Crippen molar-refractivity contribution in [2.24, 2.45) is 0 Å². The van der Waals surface area contributed by atoms with Crippen molar-refractivity contribution in [3.05, 3.63) is 106 Å². The van der Waals surface area contributed by atoms with Crippen LogP contribution in [0.15, 0.2) is 66.1 Å². The van der Waals surface area contributed by atoms with E-state index < -0.39 is 17.4 Å². The zero-order valence-corrected chi connectivity index (χ0v) is 18.7. The molecule has 0 unspecified atom stereocenters. The summed E-state index contributed by atoms with van der Waals surface area (Å²) in [6.45, 7) is 0.279. The summed E-state index contributed by atoms with van der Waals surface area (Å²) < 4.78 is 39.7. The highest BCUT2D eigenvalue weighted by atomic mass is 19.1. The summed E-state index contributed by atoms with van der Waals surface area (Å²) in [6, 6.07) is 9.69. The van der Waals surface area contributed by atoms with E-state index in [4.69, 9.17) is 9.47 Å². The summed E-state index contributed by atoms with van der Waals surface area (Å²) in [7, 11) is 0. The molecule has 2 heterocycles. The van der Waals surface area contributed by atoms with Gasteiger partial charge in [-0.15, -0.1) is 0 Å². The maximum Gasteiger partial charge on any atom is 0.296 e. The number of nitrogens with one attached hydrogen (secondary N) is 1. The minimum Gasteiger partial charge on any atom is -0.464 e. The van der Waals surface area contributed by atoms with Gasteiger partial charge in [0.05, 0.1) is 6.61 Å². The molecule has 7 nitrogen and oxygen atoms in total. The Balaban J connectivity index is 1.14. The number of H-pyrrole nitrogens is 1. The number of aromatic amines is 1. The molecular weight excluding hydrogens is 454 g/mol. The molecule has 0 saturated heterocycles. The molecule has 1 saturated carbocycles. The molecule has 0 spiro atoms. The van der Waals surface area contributed by atoms with Crippen molar-refractivity contribution in [1.29, 1.82) is 0 Å². The summed E-state index contributed by atoms with van der Waals surface area (Å²) in [6.07, 6.45) is 9.02. The summed E-state index contributed by atoms with van der Waals surface area (Å²) >= 11 is 0. The minimum absolute atomic E-state index is 0.128. The van der Waals surface area contributed by atoms with E-state index in [0.717, 1.165) is 24.0 Å². The number of rotatable bonds is 9. The Morgan fingerprint density at radius 2 is 1.69 bits per heavy atom. The smallest absolute Gasteiger partial charge is 0.296 e. The van der Waals surface area contributed by atoms with Crippen LogP contribution in [0.25, 0.3) is 0 Å². The van der Waals surface area contributed by atoms with Gasteiger partial charge in [-0.05, 0) is 59.7 Å². The second-order valence-corrected chi connectivity index (χ2v) is 8.40. The Kier molecular flexibility index (Phi) is 6.47. The highest BCUT2D eigenvalue weighted by molar-refractivity contribution is 5.38. The highest BCUT2D eigenvalue weighted by Crippen LogP contribution is 2.42. The predicted octanol–water partition coefficient (Wildman–Crippen LogP) is 4.72. The van der Waals surface area contributed by atoms with Crippen molar-refractivity contribution in [3.63, 3.8) is 0 Å². The van der Waals surface area contributed by atoms with Crippen molar-refractivity contribution < 1.29 is 18.3 Å². The molecule has 35 heavy (non-hydrogen) atoms. The van der Waals surface area contributed by atoms with Crippen molar-refractivity contribution in [2.75, 3.05) is 6.61 Å². The third-order valence-corrected chi connectivity index (χ3v) is 5.70. The SMILES string of the molecule is O=c1[nH]c(OCCc2ccc(Oc3c(F)cc(C4CC4)cc3F)cc2)ncc1Cc1cncnc1. The molecule has 2 aromatic carbocycles. The molecule has 1 fully saturated rings. The Hall–Kier alpha value is -4.14. The number of benzene rings is 2. The lowest BCUT2D eigenvalue weighted by Crippen LogP contribution is -2.16. The molecule has 2 aromatic heterocycles. The maximum absolute atomic E-state index is 14.3. The fraction of sp³-hybridized carbons (Fsp3) is 0.231. The second kappa shape index (κ2) is 10.0. The van der Waals surface area contributed by atoms with E-state index in [1.807, 2.05) is 0 Å². The zero-order chi connectivity index (χ0) is 24.2. The lowest BCUT2D eigenvalue weighted by atomic mass is 10.1. The topological polar surface area (TPSA) is 90.0 Å². The first-order valence-electron chi connectivity index (χ1n) is 11.3. The average molecular weight is 476 g/mol. The molecule has 0 amide bonds. The number of ether oxygens (including phenoxy) is 2. The van der Waals surface area contributed by atoms with Crippen LogP contribution in [-0.2, 0) is 12.8 Å². The summed E-state index contributed by atoms with van der Waals surface area (Å²) in [5.41, 5.74) is 2.61. The first-order valence-corrected chi connectivity index (χ1v) is 11.3. The van der Waals surface area contributed by atoms with Gasteiger partial charge in [0.1, 0.15) is 12.1 Å². The van der Waals surface area contributed by atoms with Gasteiger partial charge in [0.25, 0.3) is 11.6 Å². The van der Waals surface area contributed by atoms with Crippen LogP contribution in [0.2, 0.25) is 0 Å². The zero-order valence-electron chi connectivity index (χ0n) is 18.7. The van der Waals surface area contributed by atoms with E-state index in [1.165, 1.54) is 24.7 Å². The fourth-order valence-electron chi connectivity index (χ4n) is 3.68. The number of hydrogen-bond donors (Lipinski definition) is 1. The molecule has 5 rings (SSSR count). The number of nitrogens with zero attached hydrogens (tertiary/aromatic N) is 3. The van der Waals surface area contributed by atoms with Gasteiger partial charge in [0.2, 0.25) is 0 Å². The van der Waals surface area contributed by atoms with Gasteiger partial charge in [0.15, 0.2) is 17.4 Å². The Morgan fingerprint density at radius 3 is 2.34 bits per heavy atom. The Morgan fingerprint density at radius 1 is 0.971 bits per heavy atom. The van der Waals surface area contributed by atoms with Crippen molar-refractivity contribution in [2.45, 2.75) is 31.6 Å². The number of aromatic nitrogens is 4. The standard InChI is InChI=1S/C26H22F2N4O3/c27-22-10-19(18-3-4-18)11-23(28)24(22)35-21-5-1-16(2-6-21)7-8-34-26-31-14-20(25(33)32-26)9-17-12-29-15-30-13-17/h1-2,5-6,10-15,18H,3-4,7-9H2,(H,31,32,33). The van der Waals surface area contributed by atoms with E-state index in [-0.39, 0.29) is 24.1 Å². The molecule has 1 aliphatic carbocycles. The average Bonchev–Trinajstić information content (AvgIpc) is 3.70. The molecule has 4 aromatic rings. The molecule has 9 heteroatoms. The van der Waals surface area contributed by atoms with Gasteiger partial charge in [-0.25, -0.2) is 23.7 Å². The van der Waals surface area contributed by atoms with Gasteiger partial charge < -0.3 is 9.47 Å². The normalized spacial score (nSPS) is 13.0. The van der Waals surface area contributed by atoms with Crippen molar-refractivity contribution in [1.82, 2.24) is 19.9 Å². The third-order valence-electron chi connectivity index (χ3n) is 5.70. The fourth-order valence-corrected chi connectivity index (χ4v) is 3.68. The lowest BCUT2D eigenvalue weighted by Gasteiger charge is -2.10. The van der Waals surface area contributed by atoms with Crippen LogP contribution in [0.3, 0.4) is 0 Å². The van der Waals surface area contributed by atoms with E-state index in [1.54, 1.807) is 36.7 Å². The lowest BCUT2D eigenvalue weighted by molar-refractivity contribution is 0.295. The van der Waals surface area contributed by atoms with Gasteiger partial charge in [0, 0.05) is 37.0 Å². The first kappa shape index (κ1) is 22.6. The molecule has 0 radical (unpaired) electrons. The largest absolute Gasteiger partial charge is 0.464 e. The van der Waals surface area contributed by atoms with Gasteiger partial charge in [-0.2, -0.15) is 0 Å². The Bertz CT molecular complexity index is 1350. The van der Waals surface area contributed by atoms with Crippen LogP contribution in [0.5, 0.6) is 17.5 Å². The first-order chi connectivity index (χ1) is 17.0. The predicted molar refractivity (Wildman–Crippen MR) is 124 cm³/mol. The molecule has 0 aliphatic heterocycles. The van der Waals surface area contributed by atoms with Crippen LogP contribution in [0.1, 0.15) is 41.0 Å². The van der Waals surface area contributed by atoms with E-state index >= 15 is 0 Å². The highest BCUT2D eigenvalue weighted by Gasteiger charge is 2.26. The van der Waals surface area contributed by atoms with Crippen LogP contribution < -0.4 is 15.0 Å². The quantitative estimate of drug-likeness (QED) is 0.376. The second-order valence-electron chi connectivity index (χ2n) is 8.40. The number of halogens is 2. The van der Waals surface area contributed by atoms with Gasteiger partial charge in [-0.1, -0.05) is 12.1 Å². The van der Waals surface area contributed by atoms with Crippen LogP contribution in [-0.4, -0.2) is 26.5 Å². The van der Waals surface area contributed by atoms with E-state index in [9.17, 15) is 13.6 Å². The maximum atomic E-state index is 14.3. The third kappa shape index (κ3) is 5.68. The number of hydrogen-bond acceptors (Lipinski definition) is 6. The summed E-state index contributed by atoms with van der Waals surface area (Å²) in [5, 5.41) is 0. The van der Waals surface area contributed by atoms with Crippen molar-refractivity contribution in [3.8, 4) is 17.5 Å². The van der Waals surface area contributed by atoms with Gasteiger partial charge >= 0.3 is 0 Å². The molecule has 0 bridgehead atoms. The summed E-state index contributed by atoms with van der Waals surface area (Å²) in [4.78, 5) is 26.9. The molecule has 1 N–H and O–H groups in total. The van der Waals surface area contributed by atoms with Crippen molar-refractivity contribution >= 4 is 0 Å². The van der Waals surface area contributed by atoms with Crippen LogP contribution >= 0.6 is 0 Å². The van der Waals surface area contributed by atoms with Gasteiger partial charge in [-0.3, -0.25) is 9.78 Å². The monoisotopic (exact) mass is 476 g/mol. The molecule has 0 atom stereocenters.